The summed E-state index contributed by atoms with van der Waals surface area (Å²) in [7, 11) is -1.34. The maximum Gasteiger partial charge on any atom is 0.201 e. The third-order valence-corrected chi connectivity index (χ3v) is 6.54. The number of halogens is 1. The molecule has 2 aromatic carbocycles. The molecular formula is C22H22ClNO5S. The second kappa shape index (κ2) is 9.02. The van der Waals surface area contributed by atoms with Crippen molar-refractivity contribution in [2.24, 2.45) is 4.36 Å². The molecule has 0 fully saturated rings. The summed E-state index contributed by atoms with van der Waals surface area (Å²) >= 11 is 6.48. The number of hydrogen-bond acceptors (Lipinski definition) is 6. The van der Waals surface area contributed by atoms with Gasteiger partial charge in [-0.3, -0.25) is 9.59 Å². The Kier molecular flexibility index (Phi) is 6.63. The van der Waals surface area contributed by atoms with Crippen molar-refractivity contribution in [3.05, 3.63) is 69.9 Å². The standard InChI is InChI=1S/C22H22ClNO5S/c1-29-18-12-11-15(22(27)19-16(25)9-6-10-17(19)26)20(23)21(18)24-30(2,28)13-14-7-4-3-5-8-14/h3-5,7-8,11-12,25H,6,9-10,13H2,1-2H3. The fraction of sp³-hybridized carbons (Fsp3) is 0.273. The van der Waals surface area contributed by atoms with Crippen LogP contribution in [0.4, 0.5) is 5.69 Å². The zero-order valence-electron chi connectivity index (χ0n) is 16.7. The molecule has 0 spiro atoms. The van der Waals surface area contributed by atoms with E-state index in [-0.39, 0.29) is 51.9 Å². The third kappa shape index (κ3) is 4.74. The molecule has 0 aromatic heterocycles. The highest BCUT2D eigenvalue weighted by atomic mass is 35.5. The van der Waals surface area contributed by atoms with Gasteiger partial charge in [0.05, 0.1) is 27.6 Å². The monoisotopic (exact) mass is 447 g/mol. The number of carbonyl (C=O) groups is 2. The van der Waals surface area contributed by atoms with Gasteiger partial charge in [0.1, 0.15) is 22.8 Å². The van der Waals surface area contributed by atoms with E-state index in [2.05, 4.69) is 4.36 Å². The number of aliphatic hydroxyl groups is 1. The number of methoxy groups -OCH3 is 1. The summed E-state index contributed by atoms with van der Waals surface area (Å²) in [6, 6.07) is 12.2. The molecule has 0 aliphatic heterocycles. The molecule has 1 aliphatic carbocycles. The van der Waals surface area contributed by atoms with Gasteiger partial charge in [-0.25, -0.2) is 4.21 Å². The molecule has 1 atom stereocenters. The molecule has 8 heteroatoms. The molecule has 0 radical (unpaired) electrons. The smallest absolute Gasteiger partial charge is 0.201 e. The number of rotatable bonds is 6. The number of aliphatic hydroxyl groups excluding tert-OH is 1. The van der Waals surface area contributed by atoms with E-state index >= 15 is 0 Å². The van der Waals surface area contributed by atoms with Crippen LogP contribution in [0, 0.1) is 0 Å². The Morgan fingerprint density at radius 3 is 2.53 bits per heavy atom. The van der Waals surface area contributed by atoms with Crippen molar-refractivity contribution >= 4 is 38.6 Å². The Labute approximate surface area is 180 Å². The maximum absolute atomic E-state index is 13.2. The topological polar surface area (TPSA) is 93.0 Å². The fourth-order valence-corrected chi connectivity index (χ4v) is 5.08. The molecule has 1 N–H and O–H groups in total. The number of ether oxygens (including phenoxy) is 1. The summed E-state index contributed by atoms with van der Waals surface area (Å²) in [6.07, 6.45) is 2.45. The Balaban J connectivity index is 2.09. The summed E-state index contributed by atoms with van der Waals surface area (Å²) in [5.74, 6) is -0.877. The molecular weight excluding hydrogens is 426 g/mol. The molecule has 0 heterocycles. The van der Waals surface area contributed by atoms with Crippen LogP contribution in [0.2, 0.25) is 5.02 Å². The Hall–Kier alpha value is -2.64. The first kappa shape index (κ1) is 22.1. The van der Waals surface area contributed by atoms with Crippen LogP contribution in [0.25, 0.3) is 0 Å². The molecule has 6 nitrogen and oxygen atoms in total. The van der Waals surface area contributed by atoms with Crippen molar-refractivity contribution in [1.82, 2.24) is 0 Å². The molecule has 158 valence electrons. The van der Waals surface area contributed by atoms with E-state index < -0.39 is 21.3 Å². The Morgan fingerprint density at radius 2 is 1.90 bits per heavy atom. The second-order valence-corrected chi connectivity index (χ2v) is 9.85. The molecule has 2 aromatic rings. The molecule has 0 saturated heterocycles. The molecule has 30 heavy (non-hydrogen) atoms. The number of nitrogens with zero attached hydrogens (tertiary/aromatic N) is 1. The third-order valence-electron chi connectivity index (χ3n) is 4.72. The van der Waals surface area contributed by atoms with Crippen LogP contribution in [0.1, 0.15) is 35.2 Å². The number of benzene rings is 2. The largest absolute Gasteiger partial charge is 0.511 e. The van der Waals surface area contributed by atoms with Gasteiger partial charge in [0.25, 0.3) is 0 Å². The Morgan fingerprint density at radius 1 is 1.20 bits per heavy atom. The molecule has 1 aliphatic rings. The highest BCUT2D eigenvalue weighted by Crippen LogP contribution is 2.40. The summed E-state index contributed by atoms with van der Waals surface area (Å²) in [5.41, 5.74) is 0.680. The fourth-order valence-electron chi connectivity index (χ4n) is 3.30. The zero-order chi connectivity index (χ0) is 21.9. The summed E-state index contributed by atoms with van der Waals surface area (Å²) in [4.78, 5) is 25.2. The first-order valence-electron chi connectivity index (χ1n) is 9.34. The van der Waals surface area contributed by atoms with Crippen LogP contribution >= 0.6 is 11.6 Å². The van der Waals surface area contributed by atoms with Crippen LogP contribution in [0.5, 0.6) is 5.75 Å². The number of ketones is 2. The van der Waals surface area contributed by atoms with E-state index in [1.54, 1.807) is 0 Å². The molecule has 3 rings (SSSR count). The predicted octanol–water partition coefficient (Wildman–Crippen LogP) is 5.03. The van der Waals surface area contributed by atoms with Crippen molar-refractivity contribution in [1.29, 1.82) is 0 Å². The minimum Gasteiger partial charge on any atom is -0.511 e. The van der Waals surface area contributed by atoms with Crippen molar-refractivity contribution < 1.29 is 23.6 Å². The van der Waals surface area contributed by atoms with E-state index in [9.17, 15) is 18.9 Å². The number of hydrogen-bond donors (Lipinski definition) is 1. The van der Waals surface area contributed by atoms with E-state index in [1.165, 1.54) is 25.5 Å². The lowest BCUT2D eigenvalue weighted by atomic mass is 9.90. The second-order valence-electron chi connectivity index (χ2n) is 7.09. The lowest BCUT2D eigenvalue weighted by Crippen LogP contribution is -2.20. The van der Waals surface area contributed by atoms with Gasteiger partial charge in [0.15, 0.2) is 5.78 Å². The number of Topliss-reactive ketones (excluding diaryl/α,β-unsaturated/α-hetero) is 2. The number of carbonyl (C=O) groups excluding carboxylic acids is 2. The lowest BCUT2D eigenvalue weighted by Gasteiger charge is -2.16. The molecule has 0 bridgehead atoms. The highest BCUT2D eigenvalue weighted by molar-refractivity contribution is 7.92. The SMILES string of the molecule is COc1ccc(C(=O)C2=C(O)CCCC2=O)c(Cl)c1N=S(C)(=O)Cc1ccccc1. The lowest BCUT2D eigenvalue weighted by molar-refractivity contribution is -0.116. The molecule has 0 amide bonds. The van der Waals surface area contributed by atoms with E-state index in [0.717, 1.165) is 5.56 Å². The highest BCUT2D eigenvalue weighted by Gasteiger charge is 2.30. The molecule has 1 unspecified atom stereocenters. The van der Waals surface area contributed by atoms with Crippen molar-refractivity contribution in [2.45, 2.75) is 25.0 Å². The van der Waals surface area contributed by atoms with Gasteiger partial charge in [-0.2, -0.15) is 4.36 Å². The summed E-state index contributed by atoms with van der Waals surface area (Å²) in [6.45, 7) is 0. The van der Waals surface area contributed by atoms with Gasteiger partial charge in [0, 0.05) is 24.7 Å². The van der Waals surface area contributed by atoms with Crippen molar-refractivity contribution in [3.8, 4) is 5.75 Å². The van der Waals surface area contributed by atoms with E-state index in [4.69, 9.17) is 16.3 Å². The normalized spacial score (nSPS) is 16.2. The zero-order valence-corrected chi connectivity index (χ0v) is 18.3. The Bertz CT molecular complexity index is 1150. The minimum absolute atomic E-state index is 0.00271. The van der Waals surface area contributed by atoms with Crippen molar-refractivity contribution in [3.63, 3.8) is 0 Å². The maximum atomic E-state index is 13.2. The minimum atomic E-state index is -2.76. The first-order valence-corrected chi connectivity index (χ1v) is 11.8. The van der Waals surface area contributed by atoms with Gasteiger partial charge >= 0.3 is 0 Å². The van der Waals surface area contributed by atoms with E-state index in [1.807, 2.05) is 30.3 Å². The van der Waals surface area contributed by atoms with Crippen LogP contribution in [0.3, 0.4) is 0 Å². The quantitative estimate of drug-likeness (QED) is 0.495. The van der Waals surface area contributed by atoms with Crippen molar-refractivity contribution in [2.75, 3.05) is 13.4 Å². The number of allylic oxidation sites excluding steroid dienone is 2. The first-order chi connectivity index (χ1) is 14.2. The van der Waals surface area contributed by atoms with Gasteiger partial charge in [0.2, 0.25) is 5.78 Å². The predicted molar refractivity (Wildman–Crippen MR) is 117 cm³/mol. The molecule has 0 saturated carbocycles. The van der Waals surface area contributed by atoms with Gasteiger partial charge in [-0.05, 0) is 24.1 Å². The average molecular weight is 448 g/mol. The average Bonchev–Trinajstić information content (AvgIpc) is 2.69. The summed E-state index contributed by atoms with van der Waals surface area (Å²) < 4.78 is 22.8. The summed E-state index contributed by atoms with van der Waals surface area (Å²) in [5, 5.41) is 10.0. The van der Waals surface area contributed by atoms with Crippen LogP contribution < -0.4 is 4.74 Å². The van der Waals surface area contributed by atoms with Crippen LogP contribution in [0.15, 0.2) is 58.2 Å². The van der Waals surface area contributed by atoms with E-state index in [0.29, 0.717) is 6.42 Å². The van der Waals surface area contributed by atoms with Crippen LogP contribution in [-0.4, -0.2) is 34.2 Å². The van der Waals surface area contributed by atoms with Crippen LogP contribution in [-0.2, 0) is 20.3 Å². The van der Waals surface area contributed by atoms with Gasteiger partial charge in [-0.15, -0.1) is 0 Å². The van der Waals surface area contributed by atoms with Gasteiger partial charge in [-0.1, -0.05) is 41.9 Å². The van der Waals surface area contributed by atoms with Gasteiger partial charge < -0.3 is 9.84 Å².